The molecule has 2 N–H and O–H groups in total. The number of nitrogens with zero attached hydrogens (tertiary/aromatic N) is 1. The molecule has 1 fully saturated rings. The van der Waals surface area contributed by atoms with E-state index >= 15 is 0 Å². The molecule has 0 spiro atoms. The van der Waals surface area contributed by atoms with E-state index in [2.05, 4.69) is 0 Å². The lowest BCUT2D eigenvalue weighted by atomic mass is 10.3. The van der Waals surface area contributed by atoms with Gasteiger partial charge in [-0.1, -0.05) is 0 Å². The highest BCUT2D eigenvalue weighted by molar-refractivity contribution is 5.79. The Morgan fingerprint density at radius 1 is 1.82 bits per heavy atom. The van der Waals surface area contributed by atoms with Gasteiger partial charge in [0.15, 0.2) is 0 Å². The fourth-order valence-electron chi connectivity index (χ4n) is 1.27. The van der Waals surface area contributed by atoms with Gasteiger partial charge >= 0.3 is 0 Å². The van der Waals surface area contributed by atoms with Gasteiger partial charge in [-0.15, -0.1) is 0 Å². The van der Waals surface area contributed by atoms with Crippen LogP contribution in [0.25, 0.3) is 0 Å². The summed E-state index contributed by atoms with van der Waals surface area (Å²) in [6.45, 7) is 1.88. The van der Waals surface area contributed by atoms with Crippen molar-refractivity contribution in [2.24, 2.45) is 5.73 Å². The van der Waals surface area contributed by atoms with Crippen molar-refractivity contribution in [2.75, 3.05) is 26.7 Å². The van der Waals surface area contributed by atoms with Gasteiger partial charge in [-0.05, 0) is 0 Å². The predicted molar refractivity (Wildman–Crippen MR) is 41.0 cm³/mol. The number of methoxy groups -OCH3 is 1. The lowest BCUT2D eigenvalue weighted by Crippen LogP contribution is -2.31. The Kier molecular flexibility index (Phi) is 2.84. The van der Waals surface area contributed by atoms with Crippen molar-refractivity contribution in [2.45, 2.75) is 12.5 Å². The molecule has 0 aromatic carbocycles. The van der Waals surface area contributed by atoms with E-state index in [-0.39, 0.29) is 12.0 Å². The maximum Gasteiger partial charge on any atom is 0.225 e. The van der Waals surface area contributed by atoms with Crippen molar-refractivity contribution in [3.63, 3.8) is 0 Å². The molecule has 0 aromatic heterocycles. The zero-order valence-corrected chi connectivity index (χ0v) is 6.75. The van der Waals surface area contributed by atoms with E-state index in [0.717, 1.165) is 0 Å². The monoisotopic (exact) mass is 158 g/mol. The Morgan fingerprint density at radius 3 is 3.00 bits per heavy atom. The fourth-order valence-corrected chi connectivity index (χ4v) is 1.27. The standard InChI is InChI=1S/C7H14N2O2/c1-11-6-4-7(10)9(5-6)3-2-8/h6H,2-5,8H2,1H3/t6-/m0/s1. The Balaban J connectivity index is 2.38. The van der Waals surface area contributed by atoms with Crippen LogP contribution in [0.3, 0.4) is 0 Å². The summed E-state index contributed by atoms with van der Waals surface area (Å²) >= 11 is 0. The molecular weight excluding hydrogens is 144 g/mol. The molecule has 0 aromatic rings. The molecule has 1 aliphatic rings. The molecule has 4 heteroatoms. The SMILES string of the molecule is CO[C@H]1CC(=O)N(CCN)C1. The largest absolute Gasteiger partial charge is 0.379 e. The number of rotatable bonds is 3. The third-order valence-electron chi connectivity index (χ3n) is 1.91. The normalized spacial score (nSPS) is 24.7. The average Bonchev–Trinajstić information content (AvgIpc) is 2.33. The molecule has 11 heavy (non-hydrogen) atoms. The molecular formula is C7H14N2O2. The molecule has 1 heterocycles. The van der Waals surface area contributed by atoms with Gasteiger partial charge < -0.3 is 15.4 Å². The lowest BCUT2D eigenvalue weighted by Gasteiger charge is -2.13. The minimum atomic E-state index is 0.0778. The van der Waals surface area contributed by atoms with Crippen LogP contribution in [-0.4, -0.2) is 43.7 Å². The Labute approximate surface area is 66.3 Å². The van der Waals surface area contributed by atoms with Crippen molar-refractivity contribution in [3.8, 4) is 0 Å². The van der Waals surface area contributed by atoms with E-state index in [1.54, 1.807) is 12.0 Å². The van der Waals surface area contributed by atoms with Crippen LogP contribution in [0, 0.1) is 0 Å². The average molecular weight is 158 g/mol. The third-order valence-corrected chi connectivity index (χ3v) is 1.91. The summed E-state index contributed by atoms with van der Waals surface area (Å²) in [7, 11) is 1.63. The van der Waals surface area contributed by atoms with Crippen molar-refractivity contribution >= 4 is 5.91 Å². The second-order valence-corrected chi connectivity index (χ2v) is 2.69. The molecule has 64 valence electrons. The molecule has 1 amide bonds. The predicted octanol–water partition coefficient (Wildman–Crippen LogP) is -0.808. The van der Waals surface area contributed by atoms with E-state index in [1.807, 2.05) is 0 Å². The second kappa shape index (κ2) is 3.69. The highest BCUT2D eigenvalue weighted by Crippen LogP contribution is 2.12. The lowest BCUT2D eigenvalue weighted by molar-refractivity contribution is -0.127. The zero-order valence-electron chi connectivity index (χ0n) is 6.75. The number of ether oxygens (including phenoxy) is 1. The van der Waals surface area contributed by atoms with Gasteiger partial charge in [-0.25, -0.2) is 0 Å². The molecule has 1 rings (SSSR count). The first-order chi connectivity index (χ1) is 5.27. The molecule has 0 unspecified atom stereocenters. The maximum atomic E-state index is 11.1. The van der Waals surface area contributed by atoms with E-state index in [1.165, 1.54) is 0 Å². The number of likely N-dealkylation sites (tertiary alicyclic amines) is 1. The molecule has 4 nitrogen and oxygen atoms in total. The smallest absolute Gasteiger partial charge is 0.225 e. The van der Waals surface area contributed by atoms with Gasteiger partial charge in [0.25, 0.3) is 0 Å². The first-order valence-electron chi connectivity index (χ1n) is 3.78. The van der Waals surface area contributed by atoms with Crippen LogP contribution in [0.2, 0.25) is 0 Å². The first kappa shape index (κ1) is 8.49. The number of amides is 1. The van der Waals surface area contributed by atoms with Crippen LogP contribution in [0.4, 0.5) is 0 Å². The number of hydrogen-bond acceptors (Lipinski definition) is 3. The molecule has 0 saturated carbocycles. The van der Waals surface area contributed by atoms with Crippen LogP contribution in [0.15, 0.2) is 0 Å². The number of nitrogens with two attached hydrogens (primary N) is 1. The van der Waals surface area contributed by atoms with E-state index in [0.29, 0.717) is 26.1 Å². The Bertz CT molecular complexity index is 149. The van der Waals surface area contributed by atoms with Gasteiger partial charge in [0.1, 0.15) is 0 Å². The minimum absolute atomic E-state index is 0.0778. The van der Waals surface area contributed by atoms with Gasteiger partial charge in [0, 0.05) is 26.7 Å². The van der Waals surface area contributed by atoms with Crippen molar-refractivity contribution in [1.29, 1.82) is 0 Å². The van der Waals surface area contributed by atoms with Gasteiger partial charge in [-0.2, -0.15) is 0 Å². The summed E-state index contributed by atoms with van der Waals surface area (Å²) in [6.07, 6.45) is 0.588. The van der Waals surface area contributed by atoms with Crippen LogP contribution in [0.5, 0.6) is 0 Å². The van der Waals surface area contributed by atoms with E-state index in [9.17, 15) is 4.79 Å². The summed E-state index contributed by atoms with van der Waals surface area (Å²) in [5, 5.41) is 0. The topological polar surface area (TPSA) is 55.6 Å². The summed E-state index contributed by atoms with van der Waals surface area (Å²) in [5.41, 5.74) is 5.32. The van der Waals surface area contributed by atoms with E-state index in [4.69, 9.17) is 10.5 Å². The summed E-state index contributed by atoms with van der Waals surface area (Å²) < 4.78 is 5.05. The summed E-state index contributed by atoms with van der Waals surface area (Å²) in [4.78, 5) is 12.9. The van der Waals surface area contributed by atoms with Gasteiger partial charge in [0.2, 0.25) is 5.91 Å². The zero-order chi connectivity index (χ0) is 8.27. The van der Waals surface area contributed by atoms with Crippen LogP contribution < -0.4 is 5.73 Å². The van der Waals surface area contributed by atoms with Crippen LogP contribution >= 0.6 is 0 Å². The molecule has 0 bridgehead atoms. The Hall–Kier alpha value is -0.610. The number of hydrogen-bond donors (Lipinski definition) is 1. The molecule has 1 saturated heterocycles. The molecule has 1 aliphatic heterocycles. The fraction of sp³-hybridized carbons (Fsp3) is 0.857. The van der Waals surface area contributed by atoms with Crippen LogP contribution in [0.1, 0.15) is 6.42 Å². The quantitative estimate of drug-likeness (QED) is 0.584. The highest BCUT2D eigenvalue weighted by Gasteiger charge is 2.28. The summed E-state index contributed by atoms with van der Waals surface area (Å²) in [6, 6.07) is 0. The van der Waals surface area contributed by atoms with E-state index < -0.39 is 0 Å². The van der Waals surface area contributed by atoms with Crippen molar-refractivity contribution < 1.29 is 9.53 Å². The highest BCUT2D eigenvalue weighted by atomic mass is 16.5. The third kappa shape index (κ3) is 1.91. The molecule has 0 radical (unpaired) electrons. The van der Waals surface area contributed by atoms with Crippen molar-refractivity contribution in [1.82, 2.24) is 4.90 Å². The maximum absolute atomic E-state index is 11.1. The van der Waals surface area contributed by atoms with Crippen LogP contribution in [-0.2, 0) is 9.53 Å². The van der Waals surface area contributed by atoms with Gasteiger partial charge in [-0.3, -0.25) is 4.79 Å². The first-order valence-corrected chi connectivity index (χ1v) is 3.78. The van der Waals surface area contributed by atoms with Crippen molar-refractivity contribution in [3.05, 3.63) is 0 Å². The molecule has 0 aliphatic carbocycles. The summed E-state index contributed by atoms with van der Waals surface area (Å²) in [5.74, 6) is 0.155. The van der Waals surface area contributed by atoms with Gasteiger partial charge in [0.05, 0.1) is 12.5 Å². The Morgan fingerprint density at radius 2 is 2.55 bits per heavy atom. The minimum Gasteiger partial charge on any atom is -0.379 e. The number of carbonyl (C=O) groups excluding carboxylic acids is 1. The second-order valence-electron chi connectivity index (χ2n) is 2.69. The molecule has 1 atom stereocenters. The number of carbonyl (C=O) groups is 1.